The van der Waals surface area contributed by atoms with E-state index in [-0.39, 0.29) is 34.4 Å². The minimum absolute atomic E-state index is 0.0967. The molecule has 1 heterocycles. The molecule has 2 aromatic rings. The summed E-state index contributed by atoms with van der Waals surface area (Å²) in [6.45, 7) is 5.36. The summed E-state index contributed by atoms with van der Waals surface area (Å²) in [5.74, 6) is -0.360. The van der Waals surface area contributed by atoms with Crippen LogP contribution < -0.4 is 9.64 Å². The van der Waals surface area contributed by atoms with Gasteiger partial charge >= 0.3 is 0 Å². The van der Waals surface area contributed by atoms with Gasteiger partial charge in [-0.3, -0.25) is 9.59 Å². The molecule has 5 nitrogen and oxygen atoms in total. The van der Waals surface area contributed by atoms with Crippen LogP contribution in [-0.2, 0) is 21.7 Å². The molecular weight excluding hydrogens is 401 g/mol. The Balaban J connectivity index is 2.08. The molecule has 0 fully saturated rings. The van der Waals surface area contributed by atoms with Crippen molar-refractivity contribution in [2.24, 2.45) is 0 Å². The first-order valence-electron chi connectivity index (χ1n) is 8.63. The average molecular weight is 420 g/mol. The van der Waals surface area contributed by atoms with Gasteiger partial charge in [-0.05, 0) is 19.1 Å². The van der Waals surface area contributed by atoms with E-state index in [0.29, 0.717) is 23.6 Å². The van der Waals surface area contributed by atoms with Gasteiger partial charge in [-0.15, -0.1) is 0 Å². The number of carbonyl (C=O) groups excluding carboxylic acids is 2. The molecule has 1 N–H and O–H groups in total. The first-order valence-corrected chi connectivity index (χ1v) is 9.39. The third-order valence-corrected chi connectivity index (χ3v) is 5.34. The SMILES string of the molecule is C=CCOc1ccccc1CN1C(=O)C(O)(CC(C)=O)c2ccc(Cl)c(Cl)c21. The van der Waals surface area contributed by atoms with E-state index in [0.717, 1.165) is 0 Å². The van der Waals surface area contributed by atoms with E-state index in [4.69, 9.17) is 27.9 Å². The van der Waals surface area contributed by atoms with E-state index in [1.807, 2.05) is 18.2 Å². The van der Waals surface area contributed by atoms with E-state index in [1.165, 1.54) is 24.0 Å². The number of nitrogens with zero attached hydrogens (tertiary/aromatic N) is 1. The zero-order valence-electron chi connectivity index (χ0n) is 15.2. The summed E-state index contributed by atoms with van der Waals surface area (Å²) in [4.78, 5) is 26.3. The van der Waals surface area contributed by atoms with E-state index < -0.39 is 11.5 Å². The molecule has 3 rings (SSSR count). The Labute approximate surface area is 173 Å². The number of aliphatic hydroxyl groups is 1. The zero-order valence-corrected chi connectivity index (χ0v) is 16.8. The normalized spacial score (nSPS) is 18.1. The highest BCUT2D eigenvalue weighted by molar-refractivity contribution is 6.44. The Bertz CT molecular complexity index is 959. The Morgan fingerprint density at radius 2 is 2.00 bits per heavy atom. The molecule has 1 aliphatic heterocycles. The molecule has 1 aliphatic rings. The molecular formula is C21H19Cl2NO4. The lowest BCUT2D eigenvalue weighted by molar-refractivity contribution is -0.141. The third-order valence-electron chi connectivity index (χ3n) is 4.55. The molecule has 0 aliphatic carbocycles. The van der Waals surface area contributed by atoms with Gasteiger partial charge < -0.3 is 14.7 Å². The van der Waals surface area contributed by atoms with Crippen molar-refractivity contribution >= 4 is 40.6 Å². The second kappa shape index (κ2) is 7.95. The second-order valence-electron chi connectivity index (χ2n) is 6.60. The highest BCUT2D eigenvalue weighted by Gasteiger charge is 2.51. The van der Waals surface area contributed by atoms with Gasteiger partial charge in [0.05, 0.1) is 22.3 Å². The van der Waals surface area contributed by atoms with Crippen LogP contribution in [0.3, 0.4) is 0 Å². The smallest absolute Gasteiger partial charge is 0.264 e. The highest BCUT2D eigenvalue weighted by Crippen LogP contribution is 2.49. The number of fused-ring (bicyclic) bond motifs is 1. The molecule has 2 aromatic carbocycles. The van der Waals surface area contributed by atoms with E-state index in [9.17, 15) is 14.7 Å². The Morgan fingerprint density at radius 3 is 2.68 bits per heavy atom. The van der Waals surface area contributed by atoms with Crippen LogP contribution in [0.15, 0.2) is 49.1 Å². The minimum Gasteiger partial charge on any atom is -0.489 e. The Hall–Kier alpha value is -2.34. The number of Topliss-reactive ketones (excluding diaryl/α,β-unsaturated/α-hetero) is 1. The van der Waals surface area contributed by atoms with Crippen LogP contribution in [0.2, 0.25) is 10.0 Å². The van der Waals surface area contributed by atoms with Crippen LogP contribution in [0.1, 0.15) is 24.5 Å². The Kier molecular flexibility index (Phi) is 5.79. The molecule has 1 amide bonds. The number of anilines is 1. The summed E-state index contributed by atoms with van der Waals surface area (Å²) in [5, 5.41) is 11.5. The fourth-order valence-electron chi connectivity index (χ4n) is 3.35. The van der Waals surface area contributed by atoms with Crippen molar-refractivity contribution in [1.29, 1.82) is 0 Å². The number of amides is 1. The quantitative estimate of drug-likeness (QED) is 0.680. The lowest BCUT2D eigenvalue weighted by Crippen LogP contribution is -2.41. The predicted octanol–water partition coefficient (Wildman–Crippen LogP) is 4.27. The van der Waals surface area contributed by atoms with Gasteiger partial charge in [0.25, 0.3) is 5.91 Å². The average Bonchev–Trinajstić information content (AvgIpc) is 2.85. The third kappa shape index (κ3) is 3.53. The lowest BCUT2D eigenvalue weighted by atomic mass is 9.90. The highest BCUT2D eigenvalue weighted by atomic mass is 35.5. The number of hydrogen-bond acceptors (Lipinski definition) is 4. The van der Waals surface area contributed by atoms with Crippen LogP contribution in [0.5, 0.6) is 5.75 Å². The van der Waals surface area contributed by atoms with Crippen LogP contribution in [0, 0.1) is 0 Å². The molecule has 1 unspecified atom stereocenters. The molecule has 146 valence electrons. The van der Waals surface area contributed by atoms with Crippen molar-refractivity contribution in [2.45, 2.75) is 25.5 Å². The largest absolute Gasteiger partial charge is 0.489 e. The second-order valence-corrected chi connectivity index (χ2v) is 7.38. The molecule has 1 atom stereocenters. The number of benzene rings is 2. The number of rotatable bonds is 7. The van der Waals surface area contributed by atoms with Gasteiger partial charge in [-0.1, -0.05) is 60.1 Å². The molecule has 0 aromatic heterocycles. The summed E-state index contributed by atoms with van der Waals surface area (Å²) in [6, 6.07) is 10.3. The molecule has 7 heteroatoms. The van der Waals surface area contributed by atoms with Gasteiger partial charge in [0.1, 0.15) is 18.1 Å². The first-order chi connectivity index (χ1) is 13.3. The standard InChI is InChI=1S/C21H19Cl2NO4/c1-3-10-28-17-7-5-4-6-14(17)12-24-19-15(8-9-16(22)18(19)23)21(27,20(24)26)11-13(2)25/h3-9,27H,1,10-12H2,2H3. The number of para-hydroxylation sites is 1. The van der Waals surface area contributed by atoms with Gasteiger partial charge in [0.2, 0.25) is 0 Å². The Morgan fingerprint density at radius 1 is 1.29 bits per heavy atom. The molecule has 0 saturated heterocycles. The monoisotopic (exact) mass is 419 g/mol. The molecule has 28 heavy (non-hydrogen) atoms. The molecule has 0 spiro atoms. The number of hydrogen-bond donors (Lipinski definition) is 1. The van der Waals surface area contributed by atoms with Crippen molar-refractivity contribution in [3.8, 4) is 5.75 Å². The minimum atomic E-state index is -1.98. The number of carbonyl (C=O) groups is 2. The van der Waals surface area contributed by atoms with Crippen molar-refractivity contribution in [3.05, 3.63) is 70.2 Å². The van der Waals surface area contributed by atoms with Crippen molar-refractivity contribution < 1.29 is 19.4 Å². The first kappa shape index (κ1) is 20.4. The molecule has 0 bridgehead atoms. The van der Waals surface area contributed by atoms with Crippen molar-refractivity contribution in [2.75, 3.05) is 11.5 Å². The maximum atomic E-state index is 13.2. The predicted molar refractivity (Wildman–Crippen MR) is 109 cm³/mol. The number of ether oxygens (including phenoxy) is 1. The maximum Gasteiger partial charge on any atom is 0.264 e. The lowest BCUT2D eigenvalue weighted by Gasteiger charge is -2.23. The number of ketones is 1. The van der Waals surface area contributed by atoms with Gasteiger partial charge in [0, 0.05) is 17.5 Å². The van der Waals surface area contributed by atoms with Crippen LogP contribution in [-0.4, -0.2) is 23.4 Å². The van der Waals surface area contributed by atoms with Gasteiger partial charge in [-0.25, -0.2) is 0 Å². The maximum absolute atomic E-state index is 13.2. The van der Waals surface area contributed by atoms with Gasteiger partial charge in [0.15, 0.2) is 5.60 Å². The van der Waals surface area contributed by atoms with Crippen LogP contribution in [0.4, 0.5) is 5.69 Å². The number of halogens is 2. The van der Waals surface area contributed by atoms with E-state index in [2.05, 4.69) is 6.58 Å². The summed E-state index contributed by atoms with van der Waals surface area (Å²) >= 11 is 12.5. The summed E-state index contributed by atoms with van der Waals surface area (Å²) < 4.78 is 5.66. The zero-order chi connectivity index (χ0) is 20.5. The van der Waals surface area contributed by atoms with Crippen LogP contribution >= 0.6 is 23.2 Å². The van der Waals surface area contributed by atoms with Crippen molar-refractivity contribution in [3.63, 3.8) is 0 Å². The molecule has 0 radical (unpaired) electrons. The van der Waals surface area contributed by atoms with Crippen molar-refractivity contribution in [1.82, 2.24) is 0 Å². The van der Waals surface area contributed by atoms with Gasteiger partial charge in [-0.2, -0.15) is 0 Å². The summed E-state index contributed by atoms with van der Waals surface area (Å²) in [7, 11) is 0. The van der Waals surface area contributed by atoms with Crippen LogP contribution in [0.25, 0.3) is 0 Å². The summed E-state index contributed by atoms with van der Waals surface area (Å²) in [5.41, 5.74) is -0.688. The fraction of sp³-hybridized carbons (Fsp3) is 0.238. The topological polar surface area (TPSA) is 66.8 Å². The molecule has 0 saturated carbocycles. The van der Waals surface area contributed by atoms with E-state index >= 15 is 0 Å². The fourth-order valence-corrected chi connectivity index (χ4v) is 3.77. The summed E-state index contributed by atoms with van der Waals surface area (Å²) in [6.07, 6.45) is 1.28. The van der Waals surface area contributed by atoms with E-state index in [1.54, 1.807) is 12.1 Å².